The molecule has 0 unspecified atom stereocenters. The summed E-state index contributed by atoms with van der Waals surface area (Å²) < 4.78 is 0. The number of amides is 1. The molecule has 2 N–H and O–H groups in total. The van der Waals surface area contributed by atoms with Crippen LogP contribution in [0.3, 0.4) is 0 Å². The van der Waals surface area contributed by atoms with Gasteiger partial charge in [-0.1, -0.05) is 36.4 Å². The van der Waals surface area contributed by atoms with E-state index in [4.69, 9.17) is 4.99 Å². The van der Waals surface area contributed by atoms with E-state index in [1.54, 1.807) is 0 Å². The summed E-state index contributed by atoms with van der Waals surface area (Å²) in [5.41, 5.74) is 4.58. The Balaban J connectivity index is 1.35. The maximum absolute atomic E-state index is 11.9. The van der Waals surface area contributed by atoms with Gasteiger partial charge in [-0.3, -0.25) is 4.79 Å². The van der Waals surface area contributed by atoms with E-state index in [1.807, 2.05) is 17.0 Å². The van der Waals surface area contributed by atoms with Crippen molar-refractivity contribution in [2.75, 3.05) is 36.0 Å². The first kappa shape index (κ1) is 21.0. The summed E-state index contributed by atoms with van der Waals surface area (Å²) in [5, 5.41) is 6.73. The minimum atomic E-state index is 0.220. The number of carbonyl (C=O) groups excluding carboxylic acids is 1. The molecular formula is C25H31N5O. The van der Waals surface area contributed by atoms with Gasteiger partial charge in [-0.15, -0.1) is 0 Å². The number of nitrogens with one attached hydrogen (secondary N) is 2. The predicted molar refractivity (Wildman–Crippen MR) is 127 cm³/mol. The van der Waals surface area contributed by atoms with Crippen molar-refractivity contribution in [3.05, 3.63) is 71.8 Å². The van der Waals surface area contributed by atoms with E-state index in [2.05, 4.69) is 71.0 Å². The maximum atomic E-state index is 11.9. The van der Waals surface area contributed by atoms with Crippen molar-refractivity contribution < 1.29 is 4.79 Å². The van der Waals surface area contributed by atoms with E-state index in [9.17, 15) is 4.79 Å². The van der Waals surface area contributed by atoms with Crippen molar-refractivity contribution in [1.29, 1.82) is 0 Å². The van der Waals surface area contributed by atoms with Crippen molar-refractivity contribution in [3.8, 4) is 0 Å². The zero-order valence-electron chi connectivity index (χ0n) is 18.2. The van der Waals surface area contributed by atoms with E-state index < -0.39 is 0 Å². The largest absolute Gasteiger partial charge is 0.364 e. The number of anilines is 2. The van der Waals surface area contributed by atoms with Crippen LogP contribution in [-0.4, -0.2) is 38.0 Å². The fourth-order valence-electron chi connectivity index (χ4n) is 3.95. The summed E-state index contributed by atoms with van der Waals surface area (Å²) in [6.45, 7) is 6.95. The molecule has 4 rings (SSSR count). The van der Waals surface area contributed by atoms with Crippen molar-refractivity contribution in [2.45, 2.75) is 32.9 Å². The fraction of sp³-hybridized carbons (Fsp3) is 0.360. The van der Waals surface area contributed by atoms with Crippen molar-refractivity contribution in [1.82, 2.24) is 10.6 Å². The van der Waals surface area contributed by atoms with Crippen LogP contribution in [-0.2, 0) is 17.9 Å². The van der Waals surface area contributed by atoms with E-state index in [0.717, 1.165) is 49.8 Å². The lowest BCUT2D eigenvalue weighted by molar-refractivity contribution is -0.117. The van der Waals surface area contributed by atoms with E-state index in [1.165, 1.54) is 11.3 Å². The van der Waals surface area contributed by atoms with Crippen LogP contribution < -0.4 is 20.4 Å². The molecule has 162 valence electrons. The number of guanidine groups is 1. The summed E-state index contributed by atoms with van der Waals surface area (Å²) in [5.74, 6) is 1.02. The summed E-state index contributed by atoms with van der Waals surface area (Å²) in [7, 11) is 0. The predicted octanol–water partition coefficient (Wildman–Crippen LogP) is 3.44. The molecule has 31 heavy (non-hydrogen) atoms. The Morgan fingerprint density at radius 3 is 2.52 bits per heavy atom. The maximum Gasteiger partial charge on any atom is 0.227 e. The fourth-order valence-corrected chi connectivity index (χ4v) is 3.95. The smallest absolute Gasteiger partial charge is 0.227 e. The average Bonchev–Trinajstić information content (AvgIpc) is 3.48. The molecule has 0 aliphatic carbocycles. The number of rotatable bonds is 7. The first-order chi connectivity index (χ1) is 15.2. The highest BCUT2D eigenvalue weighted by Gasteiger charge is 2.21. The Hall–Kier alpha value is -3.28. The summed E-state index contributed by atoms with van der Waals surface area (Å²) in [4.78, 5) is 20.9. The molecule has 2 aromatic rings. The lowest BCUT2D eigenvalue weighted by Gasteiger charge is -2.18. The minimum absolute atomic E-state index is 0.220. The third-order valence-corrected chi connectivity index (χ3v) is 5.64. The third-order valence-electron chi connectivity index (χ3n) is 5.64. The number of hydrogen-bond donors (Lipinski definition) is 2. The molecule has 1 saturated heterocycles. The number of nitrogens with zero attached hydrogens (tertiary/aromatic N) is 3. The van der Waals surface area contributed by atoms with Crippen LogP contribution in [0.1, 0.15) is 30.9 Å². The number of hydrogen-bond acceptors (Lipinski definition) is 3. The lowest BCUT2D eigenvalue weighted by atomic mass is 10.2. The van der Waals surface area contributed by atoms with Gasteiger partial charge in [0.05, 0.1) is 6.54 Å². The zero-order valence-corrected chi connectivity index (χ0v) is 18.2. The Kier molecular flexibility index (Phi) is 6.87. The van der Waals surface area contributed by atoms with Gasteiger partial charge in [0, 0.05) is 50.5 Å². The molecule has 0 bridgehead atoms. The zero-order chi connectivity index (χ0) is 21.5. The normalized spacial score (nSPS) is 16.3. The van der Waals surface area contributed by atoms with Crippen molar-refractivity contribution in [3.63, 3.8) is 0 Å². The number of carbonyl (C=O) groups is 1. The van der Waals surface area contributed by atoms with Gasteiger partial charge in [0.2, 0.25) is 5.91 Å². The van der Waals surface area contributed by atoms with Gasteiger partial charge in [-0.2, -0.15) is 0 Å². The standard InChI is InChI=1S/C25H31N5O/c1-2-26-25(28-19-21-7-5-8-23(17-21)29-14-3-4-15-29)27-18-20-10-12-22(13-11-20)30-16-6-9-24(30)31/h3-5,7-8,10-13,17H,2,6,9,14-16,18-19H2,1H3,(H2,26,27,28). The Labute approximate surface area is 184 Å². The van der Waals surface area contributed by atoms with Gasteiger partial charge in [0.25, 0.3) is 0 Å². The molecule has 0 spiro atoms. The van der Waals surface area contributed by atoms with Crippen LogP contribution in [0, 0.1) is 0 Å². The molecule has 2 aromatic carbocycles. The summed E-state index contributed by atoms with van der Waals surface area (Å²) in [6.07, 6.45) is 6.01. The molecule has 6 nitrogen and oxygen atoms in total. The SMILES string of the molecule is CCNC(=NCc1cccc(N2CC=CC2)c1)NCc1ccc(N2CCCC2=O)cc1. The van der Waals surface area contributed by atoms with Crippen molar-refractivity contribution >= 4 is 23.2 Å². The molecule has 2 heterocycles. The van der Waals surface area contributed by atoms with E-state index in [-0.39, 0.29) is 5.91 Å². The number of aliphatic imine (C=N–C) groups is 1. The van der Waals surface area contributed by atoms with Crippen molar-refractivity contribution in [2.24, 2.45) is 4.99 Å². The average molecular weight is 418 g/mol. The Bertz CT molecular complexity index is 943. The molecule has 1 fully saturated rings. The van der Waals surface area contributed by atoms with Crippen LogP contribution in [0.25, 0.3) is 0 Å². The van der Waals surface area contributed by atoms with Crippen LogP contribution in [0.5, 0.6) is 0 Å². The second kappa shape index (κ2) is 10.2. The first-order valence-corrected chi connectivity index (χ1v) is 11.1. The van der Waals surface area contributed by atoms with E-state index in [0.29, 0.717) is 19.5 Å². The second-order valence-electron chi connectivity index (χ2n) is 7.91. The Morgan fingerprint density at radius 2 is 1.81 bits per heavy atom. The van der Waals surface area contributed by atoms with Gasteiger partial charge in [0.1, 0.15) is 0 Å². The molecule has 2 aliphatic heterocycles. The first-order valence-electron chi connectivity index (χ1n) is 11.1. The second-order valence-corrected chi connectivity index (χ2v) is 7.91. The molecule has 0 atom stereocenters. The minimum Gasteiger partial charge on any atom is -0.364 e. The van der Waals surface area contributed by atoms with Gasteiger partial charge in [-0.05, 0) is 48.7 Å². The lowest BCUT2D eigenvalue weighted by Crippen LogP contribution is -2.36. The van der Waals surface area contributed by atoms with Gasteiger partial charge < -0.3 is 20.4 Å². The van der Waals surface area contributed by atoms with Gasteiger partial charge in [-0.25, -0.2) is 4.99 Å². The molecule has 6 heteroatoms. The highest BCUT2D eigenvalue weighted by atomic mass is 16.2. The molecule has 1 amide bonds. The Morgan fingerprint density at radius 1 is 1.00 bits per heavy atom. The molecule has 2 aliphatic rings. The van der Waals surface area contributed by atoms with Crippen LogP contribution in [0.2, 0.25) is 0 Å². The summed E-state index contributed by atoms with van der Waals surface area (Å²) in [6, 6.07) is 16.8. The molecule has 0 aromatic heterocycles. The molecule has 0 radical (unpaired) electrons. The molecular weight excluding hydrogens is 386 g/mol. The monoisotopic (exact) mass is 417 g/mol. The van der Waals surface area contributed by atoms with Crippen LogP contribution >= 0.6 is 0 Å². The van der Waals surface area contributed by atoms with Crippen LogP contribution in [0.15, 0.2) is 65.7 Å². The van der Waals surface area contributed by atoms with E-state index >= 15 is 0 Å². The topological polar surface area (TPSA) is 60.0 Å². The third kappa shape index (κ3) is 5.45. The van der Waals surface area contributed by atoms with Gasteiger partial charge in [0.15, 0.2) is 5.96 Å². The molecule has 0 saturated carbocycles. The highest BCUT2D eigenvalue weighted by Crippen LogP contribution is 2.22. The number of benzene rings is 2. The highest BCUT2D eigenvalue weighted by molar-refractivity contribution is 5.95. The van der Waals surface area contributed by atoms with Gasteiger partial charge >= 0.3 is 0 Å². The quantitative estimate of drug-likeness (QED) is 0.412. The van der Waals surface area contributed by atoms with Crippen LogP contribution in [0.4, 0.5) is 11.4 Å². The summed E-state index contributed by atoms with van der Waals surface area (Å²) >= 11 is 0.